The van der Waals surface area contributed by atoms with Crippen molar-refractivity contribution in [3.8, 4) is 5.75 Å². The van der Waals surface area contributed by atoms with E-state index in [0.29, 0.717) is 10.7 Å². The van der Waals surface area contributed by atoms with Gasteiger partial charge in [-0.1, -0.05) is 29.8 Å². The Balaban J connectivity index is 1.71. The first-order valence-electron chi connectivity index (χ1n) is 8.70. The lowest BCUT2D eigenvalue weighted by Gasteiger charge is -2.34. The van der Waals surface area contributed by atoms with Crippen LogP contribution >= 0.6 is 11.6 Å². The molecule has 0 aliphatic carbocycles. The van der Waals surface area contributed by atoms with Crippen LogP contribution in [-0.4, -0.2) is 32.0 Å². The number of carbonyl (C=O) groups is 1. The van der Waals surface area contributed by atoms with Crippen molar-refractivity contribution in [3.63, 3.8) is 0 Å². The Morgan fingerprint density at radius 1 is 1.14 bits per heavy atom. The summed E-state index contributed by atoms with van der Waals surface area (Å²) >= 11 is 6.08. The van der Waals surface area contributed by atoms with E-state index >= 15 is 0 Å². The number of hydrogen-bond acceptors (Lipinski definition) is 5. The van der Waals surface area contributed by atoms with Gasteiger partial charge in [-0.2, -0.15) is 0 Å². The van der Waals surface area contributed by atoms with E-state index in [9.17, 15) is 13.2 Å². The van der Waals surface area contributed by atoms with Crippen LogP contribution in [0.4, 0.5) is 11.4 Å². The molecule has 3 aromatic rings. The topological polar surface area (TPSA) is 88.6 Å². The number of amides is 1. The summed E-state index contributed by atoms with van der Waals surface area (Å²) in [6.07, 6.45) is 2.02. The number of pyridine rings is 1. The molecule has 1 aliphatic rings. The van der Waals surface area contributed by atoms with E-state index in [1.807, 2.05) is 0 Å². The van der Waals surface area contributed by atoms with Gasteiger partial charge in [-0.05, 0) is 42.5 Å². The van der Waals surface area contributed by atoms with Crippen LogP contribution in [0.15, 0.2) is 78.0 Å². The molecule has 29 heavy (non-hydrogen) atoms. The molecule has 0 fully saturated rings. The molecular weight excluding hydrogens is 414 g/mol. The molecule has 1 aromatic heterocycles. The normalized spacial score (nSPS) is 15.9. The first kappa shape index (κ1) is 19.2. The van der Waals surface area contributed by atoms with E-state index in [1.54, 1.807) is 48.7 Å². The van der Waals surface area contributed by atoms with E-state index in [2.05, 4.69) is 10.3 Å². The van der Waals surface area contributed by atoms with Crippen molar-refractivity contribution in [2.24, 2.45) is 0 Å². The molecule has 9 heteroatoms. The van der Waals surface area contributed by atoms with Gasteiger partial charge in [0.15, 0.2) is 6.10 Å². The minimum absolute atomic E-state index is 0.110. The van der Waals surface area contributed by atoms with Crippen LogP contribution in [0.25, 0.3) is 0 Å². The monoisotopic (exact) mass is 429 g/mol. The molecule has 148 valence electrons. The maximum absolute atomic E-state index is 13.3. The highest BCUT2D eigenvalue weighted by Crippen LogP contribution is 2.39. The Morgan fingerprint density at radius 3 is 2.66 bits per heavy atom. The third-order valence-corrected chi connectivity index (χ3v) is 6.37. The predicted octanol–water partition coefficient (Wildman–Crippen LogP) is 3.33. The highest BCUT2D eigenvalue weighted by atomic mass is 35.5. The summed E-state index contributed by atoms with van der Waals surface area (Å²) < 4.78 is 33.5. The average molecular weight is 430 g/mol. The molecule has 7 nitrogen and oxygen atoms in total. The molecule has 2 heterocycles. The number of rotatable bonds is 4. The Bertz CT molecular complexity index is 1140. The van der Waals surface area contributed by atoms with Crippen molar-refractivity contribution in [2.75, 3.05) is 16.2 Å². The number of nitrogens with zero attached hydrogens (tertiary/aromatic N) is 2. The lowest BCUT2D eigenvalue weighted by molar-refractivity contribution is -0.122. The Labute approximate surface area is 173 Å². The van der Waals surface area contributed by atoms with Gasteiger partial charge >= 0.3 is 0 Å². The van der Waals surface area contributed by atoms with Gasteiger partial charge in [0.05, 0.1) is 29.0 Å². The third kappa shape index (κ3) is 3.90. The number of hydrogen-bond donors (Lipinski definition) is 1. The number of benzene rings is 2. The van der Waals surface area contributed by atoms with Gasteiger partial charge in [0, 0.05) is 11.2 Å². The quantitative estimate of drug-likeness (QED) is 0.687. The van der Waals surface area contributed by atoms with Crippen molar-refractivity contribution >= 4 is 38.9 Å². The fraction of sp³-hybridized carbons (Fsp3) is 0.100. The largest absolute Gasteiger partial charge is 0.476 e. The van der Waals surface area contributed by atoms with Crippen molar-refractivity contribution in [2.45, 2.75) is 11.0 Å². The van der Waals surface area contributed by atoms with Gasteiger partial charge in [0.25, 0.3) is 15.9 Å². The highest BCUT2D eigenvalue weighted by Gasteiger charge is 2.37. The molecule has 4 rings (SSSR count). The molecule has 0 radical (unpaired) electrons. The Hall–Kier alpha value is -3.10. The smallest absolute Gasteiger partial charge is 0.267 e. The summed E-state index contributed by atoms with van der Waals surface area (Å²) in [5.74, 6) is -0.224. The summed E-state index contributed by atoms with van der Waals surface area (Å²) in [7, 11) is -3.93. The standard InChI is InChI=1S/C20H16ClN3O4S/c21-14-8-9-18-17(11-14)24(29(26,27)16-6-2-1-3-7-16)13-19(28-18)20(25)23-15-5-4-10-22-12-15/h1-12,19H,13H2,(H,23,25). The van der Waals surface area contributed by atoms with E-state index < -0.39 is 22.0 Å². The molecule has 1 N–H and O–H groups in total. The minimum Gasteiger partial charge on any atom is -0.476 e. The fourth-order valence-corrected chi connectivity index (χ4v) is 4.62. The molecule has 0 saturated carbocycles. The molecule has 1 amide bonds. The van der Waals surface area contributed by atoms with Gasteiger partial charge in [-0.3, -0.25) is 14.1 Å². The highest BCUT2D eigenvalue weighted by molar-refractivity contribution is 7.92. The summed E-state index contributed by atoms with van der Waals surface area (Å²) in [5, 5.41) is 3.05. The third-order valence-electron chi connectivity index (χ3n) is 4.34. The van der Waals surface area contributed by atoms with Crippen molar-refractivity contribution in [1.29, 1.82) is 0 Å². The zero-order chi connectivity index (χ0) is 20.4. The van der Waals surface area contributed by atoms with E-state index in [-0.39, 0.29) is 22.9 Å². The van der Waals surface area contributed by atoms with Crippen LogP contribution in [0, 0.1) is 0 Å². The minimum atomic E-state index is -3.93. The zero-order valence-corrected chi connectivity index (χ0v) is 16.6. The second-order valence-corrected chi connectivity index (χ2v) is 8.60. The predicted molar refractivity (Wildman–Crippen MR) is 110 cm³/mol. The number of halogens is 1. The lowest BCUT2D eigenvalue weighted by Crippen LogP contribution is -2.48. The van der Waals surface area contributed by atoms with E-state index in [0.717, 1.165) is 4.31 Å². The number of anilines is 2. The van der Waals surface area contributed by atoms with Gasteiger partial charge in [0.2, 0.25) is 0 Å². The number of ether oxygens (including phenoxy) is 1. The maximum Gasteiger partial charge on any atom is 0.267 e. The number of sulfonamides is 1. The maximum atomic E-state index is 13.3. The van der Waals surface area contributed by atoms with Gasteiger partial charge < -0.3 is 10.1 Å². The van der Waals surface area contributed by atoms with Crippen LogP contribution in [-0.2, 0) is 14.8 Å². The molecule has 0 saturated heterocycles. The van der Waals surface area contributed by atoms with Gasteiger partial charge in [-0.15, -0.1) is 0 Å². The van der Waals surface area contributed by atoms with Crippen LogP contribution in [0.2, 0.25) is 5.02 Å². The molecule has 1 aliphatic heterocycles. The number of aromatic nitrogens is 1. The summed E-state index contributed by atoms with van der Waals surface area (Å²) in [6.45, 7) is -0.198. The van der Waals surface area contributed by atoms with Crippen molar-refractivity contribution < 1.29 is 17.9 Å². The SMILES string of the molecule is O=C(Nc1cccnc1)C1CN(S(=O)(=O)c2ccccc2)c2cc(Cl)ccc2O1. The lowest BCUT2D eigenvalue weighted by atomic mass is 10.2. The zero-order valence-electron chi connectivity index (χ0n) is 15.0. The van der Waals surface area contributed by atoms with Crippen LogP contribution in [0.5, 0.6) is 5.75 Å². The Morgan fingerprint density at radius 2 is 1.93 bits per heavy atom. The fourth-order valence-electron chi connectivity index (χ4n) is 2.97. The van der Waals surface area contributed by atoms with E-state index in [4.69, 9.17) is 16.3 Å². The average Bonchev–Trinajstić information content (AvgIpc) is 2.74. The van der Waals surface area contributed by atoms with Crippen LogP contribution in [0.1, 0.15) is 0 Å². The van der Waals surface area contributed by atoms with Gasteiger partial charge in [0.1, 0.15) is 5.75 Å². The van der Waals surface area contributed by atoms with E-state index in [1.165, 1.54) is 24.4 Å². The van der Waals surface area contributed by atoms with Crippen molar-refractivity contribution in [3.05, 3.63) is 78.1 Å². The second-order valence-electron chi connectivity index (χ2n) is 6.30. The number of nitrogens with one attached hydrogen (secondary N) is 1. The second kappa shape index (κ2) is 7.73. The summed E-state index contributed by atoms with van der Waals surface area (Å²) in [5.41, 5.74) is 0.771. The molecule has 1 atom stereocenters. The van der Waals surface area contributed by atoms with Crippen LogP contribution < -0.4 is 14.4 Å². The summed E-state index contributed by atoms with van der Waals surface area (Å²) in [6, 6.07) is 16.0. The Kier molecular flexibility index (Phi) is 5.12. The summed E-state index contributed by atoms with van der Waals surface area (Å²) in [4.78, 5) is 16.8. The number of fused-ring (bicyclic) bond motifs is 1. The molecule has 0 bridgehead atoms. The first-order chi connectivity index (χ1) is 13.9. The van der Waals surface area contributed by atoms with Gasteiger partial charge in [-0.25, -0.2) is 8.42 Å². The molecule has 0 spiro atoms. The van der Waals surface area contributed by atoms with Crippen LogP contribution in [0.3, 0.4) is 0 Å². The first-order valence-corrected chi connectivity index (χ1v) is 10.5. The molecular formula is C20H16ClN3O4S. The van der Waals surface area contributed by atoms with Crippen molar-refractivity contribution in [1.82, 2.24) is 4.98 Å². The number of carbonyl (C=O) groups excluding carboxylic acids is 1. The molecule has 1 unspecified atom stereocenters. The molecule has 2 aromatic carbocycles.